The van der Waals surface area contributed by atoms with Crippen molar-refractivity contribution in [3.8, 4) is 0 Å². The van der Waals surface area contributed by atoms with E-state index in [2.05, 4.69) is 12.2 Å². The molecular weight excluding hydrogens is 306 g/mol. The molecule has 1 saturated heterocycles. The Morgan fingerprint density at radius 3 is 2.46 bits per heavy atom. The number of likely N-dealkylation sites (tertiary alicyclic amines) is 1. The van der Waals surface area contributed by atoms with Crippen LogP contribution < -0.4 is 10.2 Å². The van der Waals surface area contributed by atoms with Gasteiger partial charge in [-0.25, -0.2) is 0 Å². The van der Waals surface area contributed by atoms with E-state index in [4.69, 9.17) is 0 Å². The number of hydrogen-bond acceptors (Lipinski definition) is 3. The third-order valence-corrected chi connectivity index (χ3v) is 4.29. The Hall–Kier alpha value is -2.37. The summed E-state index contributed by atoms with van der Waals surface area (Å²) in [6.45, 7) is 6.58. The summed E-state index contributed by atoms with van der Waals surface area (Å²) in [4.78, 5) is 39.0. The van der Waals surface area contributed by atoms with Crippen LogP contribution in [0.15, 0.2) is 24.3 Å². The van der Waals surface area contributed by atoms with Gasteiger partial charge >= 0.3 is 0 Å². The number of piperidine rings is 1. The van der Waals surface area contributed by atoms with Crippen LogP contribution in [0.5, 0.6) is 0 Å². The first kappa shape index (κ1) is 18.0. The molecule has 0 unspecified atom stereocenters. The van der Waals surface area contributed by atoms with Gasteiger partial charge in [-0.1, -0.05) is 13.0 Å². The summed E-state index contributed by atoms with van der Waals surface area (Å²) >= 11 is 0. The molecule has 1 fully saturated rings. The molecule has 24 heavy (non-hydrogen) atoms. The molecule has 0 aromatic heterocycles. The van der Waals surface area contributed by atoms with Crippen molar-refractivity contribution in [2.45, 2.75) is 33.6 Å². The second-order valence-electron chi connectivity index (χ2n) is 6.40. The molecule has 1 aromatic carbocycles. The zero-order chi connectivity index (χ0) is 17.7. The van der Waals surface area contributed by atoms with Crippen LogP contribution in [-0.2, 0) is 14.4 Å². The molecule has 1 aliphatic heterocycles. The lowest BCUT2D eigenvalue weighted by atomic mass is 9.99. The largest absolute Gasteiger partial charge is 0.341 e. The van der Waals surface area contributed by atoms with Crippen molar-refractivity contribution in [3.63, 3.8) is 0 Å². The van der Waals surface area contributed by atoms with E-state index >= 15 is 0 Å². The van der Waals surface area contributed by atoms with Gasteiger partial charge in [-0.3, -0.25) is 14.4 Å². The summed E-state index contributed by atoms with van der Waals surface area (Å²) in [5.41, 5.74) is 1.21. The normalized spacial score (nSPS) is 15.0. The number of nitrogens with one attached hydrogen (secondary N) is 1. The van der Waals surface area contributed by atoms with E-state index < -0.39 is 0 Å². The number of anilines is 2. The van der Waals surface area contributed by atoms with E-state index in [1.54, 1.807) is 24.3 Å². The molecule has 6 heteroatoms. The zero-order valence-electron chi connectivity index (χ0n) is 14.5. The molecular formula is C18H25N3O3. The highest BCUT2D eigenvalue weighted by atomic mass is 16.2. The van der Waals surface area contributed by atoms with Crippen molar-refractivity contribution in [1.29, 1.82) is 0 Å². The van der Waals surface area contributed by atoms with E-state index in [-0.39, 0.29) is 24.3 Å². The van der Waals surface area contributed by atoms with E-state index in [9.17, 15) is 14.4 Å². The first-order valence-corrected chi connectivity index (χ1v) is 8.30. The van der Waals surface area contributed by atoms with Gasteiger partial charge < -0.3 is 15.1 Å². The lowest BCUT2D eigenvalue weighted by Crippen LogP contribution is -2.45. The van der Waals surface area contributed by atoms with Crippen molar-refractivity contribution < 1.29 is 14.4 Å². The lowest BCUT2D eigenvalue weighted by molar-refractivity contribution is -0.132. The molecule has 130 valence electrons. The number of amides is 3. The summed E-state index contributed by atoms with van der Waals surface area (Å²) < 4.78 is 0. The molecule has 0 spiro atoms. The van der Waals surface area contributed by atoms with Crippen LogP contribution in [0.3, 0.4) is 0 Å². The summed E-state index contributed by atoms with van der Waals surface area (Å²) in [7, 11) is 0. The maximum absolute atomic E-state index is 12.5. The number of rotatable bonds is 4. The van der Waals surface area contributed by atoms with Crippen LogP contribution in [0, 0.1) is 5.92 Å². The van der Waals surface area contributed by atoms with Crippen molar-refractivity contribution in [3.05, 3.63) is 24.3 Å². The Bertz CT molecular complexity index is 622. The minimum absolute atomic E-state index is 0.0211. The van der Waals surface area contributed by atoms with Gasteiger partial charge in [0.1, 0.15) is 6.54 Å². The fourth-order valence-corrected chi connectivity index (χ4v) is 2.83. The fourth-order valence-electron chi connectivity index (χ4n) is 2.83. The van der Waals surface area contributed by atoms with Crippen molar-refractivity contribution in [2.75, 3.05) is 29.9 Å². The first-order chi connectivity index (χ1) is 11.4. The van der Waals surface area contributed by atoms with Crippen LogP contribution in [0.1, 0.15) is 33.6 Å². The van der Waals surface area contributed by atoms with Gasteiger partial charge in [0, 0.05) is 38.3 Å². The smallest absolute Gasteiger partial charge is 0.242 e. The van der Waals surface area contributed by atoms with E-state index in [0.717, 1.165) is 25.9 Å². The fraction of sp³-hybridized carbons (Fsp3) is 0.500. The molecule has 0 saturated carbocycles. The van der Waals surface area contributed by atoms with Crippen molar-refractivity contribution in [1.82, 2.24) is 4.90 Å². The predicted octanol–water partition coefficient (Wildman–Crippen LogP) is 2.26. The van der Waals surface area contributed by atoms with E-state index in [1.807, 2.05) is 4.90 Å². The maximum Gasteiger partial charge on any atom is 0.242 e. The SMILES string of the molecule is CC(=O)Nc1cccc(N(CC(=O)N2CCC(C)CC2)C(C)=O)c1. The summed E-state index contributed by atoms with van der Waals surface area (Å²) in [6, 6.07) is 6.97. The Balaban J connectivity index is 2.10. The molecule has 1 N–H and O–H groups in total. The Morgan fingerprint density at radius 1 is 1.21 bits per heavy atom. The molecule has 0 radical (unpaired) electrons. The average Bonchev–Trinajstić information content (AvgIpc) is 2.52. The monoisotopic (exact) mass is 331 g/mol. The van der Waals surface area contributed by atoms with Gasteiger partial charge in [-0.05, 0) is 37.0 Å². The van der Waals surface area contributed by atoms with Crippen LogP contribution in [0.25, 0.3) is 0 Å². The molecule has 0 atom stereocenters. The molecule has 1 aromatic rings. The third kappa shape index (κ3) is 4.81. The molecule has 3 amide bonds. The van der Waals surface area contributed by atoms with Gasteiger partial charge in [-0.15, -0.1) is 0 Å². The maximum atomic E-state index is 12.5. The van der Waals surface area contributed by atoms with Gasteiger partial charge in [0.25, 0.3) is 0 Å². The predicted molar refractivity (Wildman–Crippen MR) is 93.8 cm³/mol. The molecule has 0 bridgehead atoms. The molecule has 6 nitrogen and oxygen atoms in total. The zero-order valence-corrected chi connectivity index (χ0v) is 14.5. The number of carbonyl (C=O) groups is 3. The highest BCUT2D eigenvalue weighted by Gasteiger charge is 2.24. The van der Waals surface area contributed by atoms with Crippen LogP contribution in [-0.4, -0.2) is 42.3 Å². The number of carbonyl (C=O) groups excluding carboxylic acids is 3. The van der Waals surface area contributed by atoms with Gasteiger partial charge in [0.05, 0.1) is 0 Å². The lowest BCUT2D eigenvalue weighted by Gasteiger charge is -2.32. The average molecular weight is 331 g/mol. The molecule has 1 heterocycles. The Kier molecular flexibility index (Phi) is 5.95. The molecule has 0 aliphatic carbocycles. The Labute approximate surface area is 142 Å². The van der Waals surface area contributed by atoms with Crippen LogP contribution in [0.4, 0.5) is 11.4 Å². The minimum atomic E-state index is -0.200. The number of nitrogens with zero attached hydrogens (tertiary/aromatic N) is 2. The van der Waals surface area contributed by atoms with Gasteiger partial charge in [0.15, 0.2) is 0 Å². The Morgan fingerprint density at radius 2 is 1.88 bits per heavy atom. The van der Waals surface area contributed by atoms with Gasteiger partial charge in [0.2, 0.25) is 17.7 Å². The van der Waals surface area contributed by atoms with Crippen molar-refractivity contribution in [2.24, 2.45) is 5.92 Å². The third-order valence-electron chi connectivity index (χ3n) is 4.29. The summed E-state index contributed by atoms with van der Waals surface area (Å²) in [6.07, 6.45) is 2.01. The van der Waals surface area contributed by atoms with Crippen LogP contribution >= 0.6 is 0 Å². The molecule has 2 rings (SSSR count). The first-order valence-electron chi connectivity index (χ1n) is 8.30. The second kappa shape index (κ2) is 7.95. The number of benzene rings is 1. The second-order valence-corrected chi connectivity index (χ2v) is 6.40. The number of hydrogen-bond donors (Lipinski definition) is 1. The summed E-state index contributed by atoms with van der Waals surface area (Å²) in [5.74, 6) is 0.225. The highest BCUT2D eigenvalue weighted by Crippen LogP contribution is 2.21. The minimum Gasteiger partial charge on any atom is -0.341 e. The van der Waals surface area contributed by atoms with Gasteiger partial charge in [-0.2, -0.15) is 0 Å². The van der Waals surface area contributed by atoms with Crippen molar-refractivity contribution >= 4 is 29.1 Å². The van der Waals surface area contributed by atoms with Crippen LogP contribution in [0.2, 0.25) is 0 Å². The summed E-state index contributed by atoms with van der Waals surface area (Å²) in [5, 5.41) is 2.69. The van der Waals surface area contributed by atoms with E-state index in [0.29, 0.717) is 17.3 Å². The van der Waals surface area contributed by atoms with E-state index in [1.165, 1.54) is 18.7 Å². The highest BCUT2D eigenvalue weighted by molar-refractivity contribution is 5.98. The quantitative estimate of drug-likeness (QED) is 0.920. The molecule has 1 aliphatic rings. The standard InChI is InChI=1S/C18H25N3O3/c1-13-7-9-20(10-8-13)18(24)12-21(15(3)23)17-6-4-5-16(11-17)19-14(2)22/h4-6,11,13H,7-10,12H2,1-3H3,(H,19,22). The topological polar surface area (TPSA) is 69.7 Å².